The highest BCUT2D eigenvalue weighted by Crippen LogP contribution is 2.22. The summed E-state index contributed by atoms with van der Waals surface area (Å²) in [6.45, 7) is 1.35. The molecule has 1 aliphatic carbocycles. The minimum Gasteiger partial charge on any atom is -0.307 e. The van der Waals surface area contributed by atoms with Gasteiger partial charge in [-0.3, -0.25) is 0 Å². The fraction of sp³-hybridized carbons (Fsp3) is 0.385. The molecule has 2 aromatic rings. The van der Waals surface area contributed by atoms with Gasteiger partial charge < -0.3 is 5.32 Å². The lowest BCUT2D eigenvalue weighted by atomic mass is 10.2. The van der Waals surface area contributed by atoms with Gasteiger partial charge in [0.2, 0.25) is 0 Å². The molecule has 100 valence electrons. The number of nitrogens with one attached hydrogen (secondary N) is 1. The van der Waals surface area contributed by atoms with Gasteiger partial charge in [0.15, 0.2) is 0 Å². The first-order valence-electron chi connectivity index (χ1n) is 6.26. The normalized spacial score (nSPS) is 14.8. The van der Waals surface area contributed by atoms with E-state index in [1.54, 1.807) is 12.4 Å². The van der Waals surface area contributed by atoms with Crippen molar-refractivity contribution in [1.29, 1.82) is 0 Å². The van der Waals surface area contributed by atoms with Crippen molar-refractivity contribution in [2.45, 2.75) is 32.0 Å². The Balaban J connectivity index is 1.73. The van der Waals surface area contributed by atoms with Crippen molar-refractivity contribution in [3.8, 4) is 0 Å². The molecule has 0 atom stereocenters. The Morgan fingerprint density at radius 2 is 2.16 bits per heavy atom. The van der Waals surface area contributed by atoms with Crippen LogP contribution in [0.5, 0.6) is 0 Å². The van der Waals surface area contributed by atoms with E-state index in [-0.39, 0.29) is 0 Å². The van der Waals surface area contributed by atoms with Crippen LogP contribution >= 0.6 is 23.2 Å². The number of hydrogen-bond donors (Lipinski definition) is 1. The first-order chi connectivity index (χ1) is 9.22. The number of hydrogen-bond acceptors (Lipinski definition) is 3. The summed E-state index contributed by atoms with van der Waals surface area (Å²) in [4.78, 5) is 4.28. The molecule has 1 heterocycles. The monoisotopic (exact) mass is 296 g/mol. The molecule has 0 amide bonds. The van der Waals surface area contributed by atoms with Crippen molar-refractivity contribution < 1.29 is 0 Å². The summed E-state index contributed by atoms with van der Waals surface area (Å²) in [6, 6.07) is 6.16. The fourth-order valence-corrected chi connectivity index (χ4v) is 2.36. The quantitative estimate of drug-likeness (QED) is 0.922. The van der Waals surface area contributed by atoms with Gasteiger partial charge >= 0.3 is 0 Å². The van der Waals surface area contributed by atoms with E-state index in [1.807, 2.05) is 16.8 Å². The number of halogens is 2. The minimum absolute atomic E-state index is 0.609. The first kappa shape index (κ1) is 12.9. The predicted octanol–water partition coefficient (Wildman–Crippen LogP) is 2.89. The van der Waals surface area contributed by atoms with E-state index in [1.165, 1.54) is 12.8 Å². The highest BCUT2D eigenvalue weighted by Gasteiger charge is 2.21. The maximum absolute atomic E-state index is 6.17. The zero-order valence-corrected chi connectivity index (χ0v) is 11.8. The third-order valence-electron chi connectivity index (χ3n) is 3.16. The Labute approximate surface area is 121 Å². The number of aromatic nitrogens is 3. The molecular formula is C13H14Cl2N4. The Morgan fingerprint density at radius 1 is 1.32 bits per heavy atom. The lowest BCUT2D eigenvalue weighted by molar-refractivity contribution is 0.583. The molecule has 1 aliphatic rings. The average molecular weight is 297 g/mol. The van der Waals surface area contributed by atoms with Crippen LogP contribution in [0.4, 0.5) is 0 Å². The molecule has 1 fully saturated rings. The highest BCUT2D eigenvalue weighted by molar-refractivity contribution is 6.35. The molecule has 1 aromatic carbocycles. The summed E-state index contributed by atoms with van der Waals surface area (Å²) in [5.74, 6) is 0.929. The molecule has 1 saturated carbocycles. The van der Waals surface area contributed by atoms with Crippen molar-refractivity contribution in [3.05, 3.63) is 46.0 Å². The Hall–Kier alpha value is -1.10. The van der Waals surface area contributed by atoms with Gasteiger partial charge in [0.1, 0.15) is 12.2 Å². The van der Waals surface area contributed by atoms with E-state index in [9.17, 15) is 0 Å². The summed E-state index contributed by atoms with van der Waals surface area (Å²) < 4.78 is 1.87. The second-order valence-corrected chi connectivity index (χ2v) is 5.57. The summed E-state index contributed by atoms with van der Waals surface area (Å²) >= 11 is 12.1. The maximum atomic E-state index is 6.17. The van der Waals surface area contributed by atoms with Crippen molar-refractivity contribution in [2.24, 2.45) is 0 Å². The van der Waals surface area contributed by atoms with E-state index in [0.717, 1.165) is 17.9 Å². The van der Waals surface area contributed by atoms with Gasteiger partial charge in [-0.15, -0.1) is 0 Å². The zero-order chi connectivity index (χ0) is 13.2. The van der Waals surface area contributed by atoms with Crippen LogP contribution in [0.25, 0.3) is 0 Å². The SMILES string of the molecule is Clc1ccc(Cn2ncnc2CNC2CC2)c(Cl)c1. The molecule has 0 aliphatic heterocycles. The molecule has 0 bridgehead atoms. The van der Waals surface area contributed by atoms with E-state index in [2.05, 4.69) is 15.4 Å². The van der Waals surface area contributed by atoms with Gasteiger partial charge in [0, 0.05) is 16.1 Å². The van der Waals surface area contributed by atoms with Gasteiger partial charge in [0.25, 0.3) is 0 Å². The van der Waals surface area contributed by atoms with E-state index in [4.69, 9.17) is 23.2 Å². The number of rotatable bonds is 5. The van der Waals surface area contributed by atoms with Gasteiger partial charge in [0.05, 0.1) is 13.1 Å². The molecule has 19 heavy (non-hydrogen) atoms. The van der Waals surface area contributed by atoms with Crippen LogP contribution in [0.3, 0.4) is 0 Å². The molecule has 1 N–H and O–H groups in total. The average Bonchev–Trinajstić information content (AvgIpc) is 3.11. The summed E-state index contributed by atoms with van der Waals surface area (Å²) in [5.41, 5.74) is 0.990. The summed E-state index contributed by atoms with van der Waals surface area (Å²) in [7, 11) is 0. The molecule has 0 radical (unpaired) electrons. The Morgan fingerprint density at radius 3 is 2.89 bits per heavy atom. The molecule has 0 saturated heterocycles. The molecule has 4 nitrogen and oxygen atoms in total. The molecular weight excluding hydrogens is 283 g/mol. The van der Waals surface area contributed by atoms with Crippen LogP contribution in [0, 0.1) is 0 Å². The van der Waals surface area contributed by atoms with Crippen LogP contribution < -0.4 is 5.32 Å². The lowest BCUT2D eigenvalue weighted by Crippen LogP contribution is -2.19. The van der Waals surface area contributed by atoms with E-state index in [0.29, 0.717) is 22.6 Å². The maximum Gasteiger partial charge on any atom is 0.141 e. The second-order valence-electron chi connectivity index (χ2n) is 4.72. The van der Waals surface area contributed by atoms with Crippen molar-refractivity contribution in [2.75, 3.05) is 0 Å². The minimum atomic E-state index is 0.609. The lowest BCUT2D eigenvalue weighted by Gasteiger charge is -2.08. The highest BCUT2D eigenvalue weighted by atomic mass is 35.5. The van der Waals surface area contributed by atoms with Crippen LogP contribution in [0.2, 0.25) is 10.0 Å². The van der Waals surface area contributed by atoms with Crippen molar-refractivity contribution in [3.63, 3.8) is 0 Å². The molecule has 0 spiro atoms. The number of nitrogens with zero attached hydrogens (tertiary/aromatic N) is 3. The van der Waals surface area contributed by atoms with Crippen molar-refractivity contribution in [1.82, 2.24) is 20.1 Å². The van der Waals surface area contributed by atoms with E-state index < -0.39 is 0 Å². The van der Waals surface area contributed by atoms with Gasteiger partial charge in [-0.2, -0.15) is 5.10 Å². The van der Waals surface area contributed by atoms with Crippen molar-refractivity contribution >= 4 is 23.2 Å². The molecule has 3 rings (SSSR count). The molecule has 1 aromatic heterocycles. The second kappa shape index (κ2) is 5.49. The third-order valence-corrected chi connectivity index (χ3v) is 3.74. The van der Waals surface area contributed by atoms with Crippen LogP contribution in [0.15, 0.2) is 24.5 Å². The molecule has 6 heteroatoms. The summed E-state index contributed by atoms with van der Waals surface area (Å²) in [5, 5.41) is 8.98. The van der Waals surface area contributed by atoms with Crippen LogP contribution in [-0.2, 0) is 13.1 Å². The summed E-state index contributed by atoms with van der Waals surface area (Å²) in [6.07, 6.45) is 4.10. The topological polar surface area (TPSA) is 42.7 Å². The number of benzene rings is 1. The van der Waals surface area contributed by atoms with Gasteiger partial charge in [-0.05, 0) is 30.5 Å². The molecule has 0 unspecified atom stereocenters. The smallest absolute Gasteiger partial charge is 0.141 e. The van der Waals surface area contributed by atoms with Gasteiger partial charge in [-0.25, -0.2) is 9.67 Å². The van der Waals surface area contributed by atoms with E-state index >= 15 is 0 Å². The standard InChI is InChI=1S/C13H14Cl2N4/c14-10-2-1-9(12(15)5-10)7-19-13(17-8-18-19)6-16-11-3-4-11/h1-2,5,8,11,16H,3-4,6-7H2. The Bertz CT molecular complexity index is 578. The Kier molecular flexibility index (Phi) is 3.73. The predicted molar refractivity (Wildman–Crippen MR) is 75.4 cm³/mol. The first-order valence-corrected chi connectivity index (χ1v) is 7.02. The van der Waals surface area contributed by atoms with Gasteiger partial charge in [-0.1, -0.05) is 29.3 Å². The third kappa shape index (κ3) is 3.26. The largest absolute Gasteiger partial charge is 0.307 e. The zero-order valence-electron chi connectivity index (χ0n) is 10.3. The van der Waals surface area contributed by atoms with Crippen LogP contribution in [0.1, 0.15) is 24.2 Å². The van der Waals surface area contributed by atoms with Crippen LogP contribution in [-0.4, -0.2) is 20.8 Å². The fourth-order valence-electron chi connectivity index (χ4n) is 1.89.